The molecule has 0 fully saturated rings. The Morgan fingerprint density at radius 1 is 0.733 bits per heavy atom. The van der Waals surface area contributed by atoms with Gasteiger partial charge in [0.25, 0.3) is 5.69 Å². The molecule has 0 N–H and O–H groups in total. The summed E-state index contributed by atoms with van der Waals surface area (Å²) < 4.78 is 2.19. The van der Waals surface area contributed by atoms with Crippen molar-refractivity contribution < 1.29 is 4.92 Å². The number of nitrogens with zero attached hydrogens (tertiary/aromatic N) is 3. The lowest BCUT2D eigenvalue weighted by molar-refractivity contribution is -0.384. The Hall–Kier alpha value is -4.25. The van der Waals surface area contributed by atoms with Crippen molar-refractivity contribution in [3.63, 3.8) is 0 Å². The molecule has 30 heavy (non-hydrogen) atoms. The molecular weight excluding hydrogens is 374 g/mol. The maximum absolute atomic E-state index is 11.5. The highest BCUT2D eigenvalue weighted by Gasteiger charge is 2.17. The molecule has 0 radical (unpaired) electrons. The van der Waals surface area contributed by atoms with E-state index in [1.54, 1.807) is 18.2 Å². The minimum Gasteiger partial charge on any atom is -0.292 e. The van der Waals surface area contributed by atoms with Crippen LogP contribution in [0.1, 0.15) is 0 Å². The predicted octanol–water partition coefficient (Wildman–Crippen LogP) is 6.37. The predicted molar refractivity (Wildman–Crippen MR) is 120 cm³/mol. The molecule has 0 unspecified atom stereocenters. The number of fused-ring (bicyclic) bond motifs is 8. The van der Waals surface area contributed by atoms with Crippen molar-refractivity contribution in [3.05, 3.63) is 101 Å². The SMILES string of the molecule is O=[N+]([O-])c1ccccc1-c1ccc2c(c1)c1ccccc1n1c3ccccc3nc21. The number of benzene rings is 4. The van der Waals surface area contributed by atoms with E-state index in [9.17, 15) is 10.1 Å². The maximum atomic E-state index is 11.5. The molecule has 5 nitrogen and oxygen atoms in total. The van der Waals surface area contributed by atoms with Gasteiger partial charge >= 0.3 is 0 Å². The summed E-state index contributed by atoms with van der Waals surface area (Å²) in [4.78, 5) is 16.1. The molecule has 0 aliphatic carbocycles. The number of para-hydroxylation sites is 4. The van der Waals surface area contributed by atoms with Crippen LogP contribution in [0.25, 0.3) is 49.5 Å². The second kappa shape index (κ2) is 6.12. The third kappa shape index (κ3) is 2.26. The van der Waals surface area contributed by atoms with Gasteiger partial charge < -0.3 is 0 Å². The molecule has 0 aliphatic rings. The van der Waals surface area contributed by atoms with Crippen LogP contribution in [-0.4, -0.2) is 14.3 Å². The first kappa shape index (κ1) is 16.7. The van der Waals surface area contributed by atoms with Crippen molar-refractivity contribution in [2.75, 3.05) is 0 Å². The highest BCUT2D eigenvalue weighted by molar-refractivity contribution is 6.14. The summed E-state index contributed by atoms with van der Waals surface area (Å²) in [6.45, 7) is 0. The minimum absolute atomic E-state index is 0.105. The van der Waals surface area contributed by atoms with Crippen LogP contribution >= 0.6 is 0 Å². The zero-order valence-electron chi connectivity index (χ0n) is 15.8. The molecule has 2 aromatic heterocycles. The van der Waals surface area contributed by atoms with Crippen molar-refractivity contribution >= 4 is 44.0 Å². The van der Waals surface area contributed by atoms with E-state index in [1.807, 2.05) is 54.6 Å². The summed E-state index contributed by atoms with van der Waals surface area (Å²) in [5, 5.41) is 14.7. The lowest BCUT2D eigenvalue weighted by Crippen LogP contribution is -1.93. The van der Waals surface area contributed by atoms with Crippen LogP contribution in [0.5, 0.6) is 0 Å². The average Bonchev–Trinajstić information content (AvgIpc) is 3.19. The minimum atomic E-state index is -0.331. The Balaban J connectivity index is 1.78. The van der Waals surface area contributed by atoms with Crippen LogP contribution < -0.4 is 0 Å². The maximum Gasteiger partial charge on any atom is 0.277 e. The van der Waals surface area contributed by atoms with Gasteiger partial charge in [-0.25, -0.2) is 4.98 Å². The van der Waals surface area contributed by atoms with E-state index in [0.29, 0.717) is 5.56 Å². The average molecular weight is 389 g/mol. The highest BCUT2D eigenvalue weighted by atomic mass is 16.6. The highest BCUT2D eigenvalue weighted by Crippen LogP contribution is 2.36. The van der Waals surface area contributed by atoms with Gasteiger partial charge in [0.15, 0.2) is 0 Å². The van der Waals surface area contributed by atoms with E-state index in [1.165, 1.54) is 0 Å². The smallest absolute Gasteiger partial charge is 0.277 e. The van der Waals surface area contributed by atoms with Crippen molar-refractivity contribution in [1.29, 1.82) is 0 Å². The molecule has 0 atom stereocenters. The fraction of sp³-hybridized carbons (Fsp3) is 0. The van der Waals surface area contributed by atoms with Crippen LogP contribution in [-0.2, 0) is 0 Å². The number of pyridine rings is 1. The van der Waals surface area contributed by atoms with Crippen LogP contribution in [0.15, 0.2) is 91.0 Å². The summed E-state index contributed by atoms with van der Waals surface area (Å²) in [5.74, 6) is 0. The van der Waals surface area contributed by atoms with Gasteiger partial charge in [-0.15, -0.1) is 0 Å². The van der Waals surface area contributed by atoms with E-state index >= 15 is 0 Å². The molecule has 0 bridgehead atoms. The van der Waals surface area contributed by atoms with Crippen molar-refractivity contribution in [1.82, 2.24) is 9.38 Å². The van der Waals surface area contributed by atoms with Crippen molar-refractivity contribution in [2.24, 2.45) is 0 Å². The number of nitro benzene ring substituents is 1. The fourth-order valence-corrected chi connectivity index (χ4v) is 4.35. The first-order chi connectivity index (χ1) is 14.7. The first-order valence-electron chi connectivity index (χ1n) is 9.68. The molecule has 0 saturated carbocycles. The van der Waals surface area contributed by atoms with E-state index in [2.05, 4.69) is 22.6 Å². The van der Waals surface area contributed by atoms with Gasteiger partial charge in [-0.2, -0.15) is 0 Å². The van der Waals surface area contributed by atoms with E-state index in [0.717, 1.165) is 43.9 Å². The molecule has 6 aromatic rings. The Morgan fingerprint density at radius 3 is 2.33 bits per heavy atom. The summed E-state index contributed by atoms with van der Waals surface area (Å²) >= 11 is 0. The van der Waals surface area contributed by atoms with E-state index in [-0.39, 0.29) is 10.6 Å². The molecule has 6 rings (SSSR count). The molecule has 0 saturated heterocycles. The second-order valence-electron chi connectivity index (χ2n) is 7.31. The lowest BCUT2D eigenvalue weighted by Gasteiger charge is -2.11. The molecule has 142 valence electrons. The Morgan fingerprint density at radius 2 is 1.47 bits per heavy atom. The summed E-state index contributed by atoms with van der Waals surface area (Å²) in [6, 6.07) is 29.2. The zero-order chi connectivity index (χ0) is 20.2. The van der Waals surface area contributed by atoms with E-state index in [4.69, 9.17) is 4.98 Å². The van der Waals surface area contributed by atoms with Crippen LogP contribution in [0.3, 0.4) is 0 Å². The summed E-state index contributed by atoms with van der Waals surface area (Å²) in [5.41, 5.74) is 5.50. The van der Waals surface area contributed by atoms with Gasteiger partial charge in [-0.1, -0.05) is 48.5 Å². The van der Waals surface area contributed by atoms with Gasteiger partial charge in [0.1, 0.15) is 5.65 Å². The van der Waals surface area contributed by atoms with Crippen molar-refractivity contribution in [2.45, 2.75) is 0 Å². The lowest BCUT2D eigenvalue weighted by atomic mass is 9.98. The molecule has 0 amide bonds. The molecule has 2 heterocycles. The van der Waals surface area contributed by atoms with Gasteiger partial charge in [-0.3, -0.25) is 14.5 Å². The monoisotopic (exact) mass is 389 g/mol. The second-order valence-corrected chi connectivity index (χ2v) is 7.31. The quantitative estimate of drug-likeness (QED) is 0.196. The molecule has 5 heteroatoms. The number of nitro groups is 1. The van der Waals surface area contributed by atoms with Gasteiger partial charge in [-0.05, 0) is 47.3 Å². The number of rotatable bonds is 2. The standard InChI is InChI=1S/C25H15N3O2/c29-28(30)23-11-5-1-7-17(23)16-13-14-19-20(15-16)18-8-2-4-10-22(18)27-24-12-6-3-9-21(24)26-25(19)27/h1-15H. The van der Waals surface area contributed by atoms with Crippen molar-refractivity contribution in [3.8, 4) is 11.1 Å². The Labute approximate surface area is 171 Å². The van der Waals surface area contributed by atoms with E-state index < -0.39 is 0 Å². The van der Waals surface area contributed by atoms with Gasteiger partial charge in [0, 0.05) is 16.8 Å². The van der Waals surface area contributed by atoms with Crippen LogP contribution in [0.2, 0.25) is 0 Å². The van der Waals surface area contributed by atoms with Crippen LogP contribution in [0.4, 0.5) is 5.69 Å². The largest absolute Gasteiger partial charge is 0.292 e. The first-order valence-corrected chi connectivity index (χ1v) is 9.68. The van der Waals surface area contributed by atoms with Gasteiger partial charge in [0.05, 0.1) is 27.0 Å². The van der Waals surface area contributed by atoms with Gasteiger partial charge in [0.2, 0.25) is 0 Å². The Bertz CT molecular complexity index is 1630. The third-order valence-electron chi connectivity index (χ3n) is 5.67. The summed E-state index contributed by atoms with van der Waals surface area (Å²) in [6.07, 6.45) is 0. The normalized spacial score (nSPS) is 11.6. The van der Waals surface area contributed by atoms with Crippen LogP contribution in [0, 0.1) is 10.1 Å². The molecule has 4 aromatic carbocycles. The number of aromatic nitrogens is 2. The topological polar surface area (TPSA) is 60.4 Å². The molecule has 0 spiro atoms. The number of hydrogen-bond donors (Lipinski definition) is 0. The number of imidazole rings is 1. The number of hydrogen-bond acceptors (Lipinski definition) is 3. The fourth-order valence-electron chi connectivity index (χ4n) is 4.35. The molecular formula is C25H15N3O2. The third-order valence-corrected chi connectivity index (χ3v) is 5.67. The summed E-state index contributed by atoms with van der Waals surface area (Å²) in [7, 11) is 0. The Kier molecular flexibility index (Phi) is 3.40. The molecule has 0 aliphatic heterocycles. The zero-order valence-corrected chi connectivity index (χ0v) is 15.8.